The van der Waals surface area contributed by atoms with Gasteiger partial charge in [0.05, 0.1) is 31.0 Å². The number of nitriles is 1. The van der Waals surface area contributed by atoms with Crippen molar-refractivity contribution in [3.63, 3.8) is 0 Å². The van der Waals surface area contributed by atoms with Crippen LogP contribution in [0, 0.1) is 11.3 Å². The minimum atomic E-state index is 0.290. The van der Waals surface area contributed by atoms with Crippen molar-refractivity contribution in [2.75, 3.05) is 24.3 Å². The standard InChI is InChI=1S/C13H19N3O/c1-10(2)16(8-4-7-14)13-9-11(17-3)5-6-12(13)15/h5-6,9-10H,4,8,15H2,1-3H3. The third kappa shape index (κ3) is 3.28. The van der Waals surface area contributed by atoms with Gasteiger partial charge >= 0.3 is 0 Å². The SMILES string of the molecule is COc1ccc(N)c(N(CCC#N)C(C)C)c1. The van der Waals surface area contributed by atoms with E-state index in [9.17, 15) is 0 Å². The number of methoxy groups -OCH3 is 1. The van der Waals surface area contributed by atoms with Gasteiger partial charge in [-0.2, -0.15) is 5.26 Å². The first kappa shape index (κ1) is 13.2. The van der Waals surface area contributed by atoms with E-state index in [4.69, 9.17) is 15.7 Å². The molecular weight excluding hydrogens is 214 g/mol. The summed E-state index contributed by atoms with van der Waals surface area (Å²) in [5.74, 6) is 0.775. The van der Waals surface area contributed by atoms with Gasteiger partial charge in [0.2, 0.25) is 0 Å². The molecule has 0 amide bonds. The zero-order valence-electron chi connectivity index (χ0n) is 10.6. The van der Waals surface area contributed by atoms with Crippen molar-refractivity contribution >= 4 is 11.4 Å². The van der Waals surface area contributed by atoms with Crippen LogP contribution in [0.4, 0.5) is 11.4 Å². The van der Waals surface area contributed by atoms with Crippen LogP contribution < -0.4 is 15.4 Å². The van der Waals surface area contributed by atoms with Crippen molar-refractivity contribution < 1.29 is 4.74 Å². The Morgan fingerprint density at radius 1 is 1.47 bits per heavy atom. The van der Waals surface area contributed by atoms with Gasteiger partial charge in [-0.1, -0.05) is 0 Å². The molecule has 17 heavy (non-hydrogen) atoms. The molecule has 0 atom stereocenters. The summed E-state index contributed by atoms with van der Waals surface area (Å²) in [6.45, 7) is 4.83. The zero-order chi connectivity index (χ0) is 12.8. The predicted molar refractivity (Wildman–Crippen MR) is 70.1 cm³/mol. The number of benzene rings is 1. The maximum absolute atomic E-state index is 8.68. The molecule has 92 valence electrons. The number of rotatable bonds is 5. The Morgan fingerprint density at radius 2 is 2.18 bits per heavy atom. The van der Waals surface area contributed by atoms with Crippen molar-refractivity contribution in [2.45, 2.75) is 26.3 Å². The number of nitrogens with zero attached hydrogens (tertiary/aromatic N) is 2. The Hall–Kier alpha value is -1.89. The van der Waals surface area contributed by atoms with E-state index in [1.54, 1.807) is 7.11 Å². The quantitative estimate of drug-likeness (QED) is 0.793. The largest absolute Gasteiger partial charge is 0.497 e. The molecule has 0 unspecified atom stereocenters. The molecule has 0 fully saturated rings. The average Bonchev–Trinajstić information content (AvgIpc) is 2.31. The Bertz CT molecular complexity index is 410. The molecule has 0 saturated carbocycles. The lowest BCUT2D eigenvalue weighted by atomic mass is 10.2. The van der Waals surface area contributed by atoms with E-state index in [2.05, 4.69) is 24.8 Å². The van der Waals surface area contributed by atoms with Crippen molar-refractivity contribution in [3.05, 3.63) is 18.2 Å². The third-order valence-electron chi connectivity index (χ3n) is 2.63. The highest BCUT2D eigenvalue weighted by atomic mass is 16.5. The number of anilines is 2. The van der Waals surface area contributed by atoms with Crippen LogP contribution in [-0.2, 0) is 0 Å². The maximum atomic E-state index is 8.68. The van der Waals surface area contributed by atoms with Crippen LogP contribution in [0.25, 0.3) is 0 Å². The van der Waals surface area contributed by atoms with Gasteiger partial charge < -0.3 is 15.4 Å². The Balaban J connectivity index is 3.04. The second kappa shape index (κ2) is 6.00. The molecule has 2 N–H and O–H groups in total. The third-order valence-corrected chi connectivity index (χ3v) is 2.63. The predicted octanol–water partition coefficient (Wildman–Crippen LogP) is 2.41. The molecule has 4 nitrogen and oxygen atoms in total. The minimum Gasteiger partial charge on any atom is -0.497 e. The van der Waals surface area contributed by atoms with E-state index in [1.165, 1.54) is 0 Å². The number of hydrogen-bond donors (Lipinski definition) is 1. The van der Waals surface area contributed by atoms with Crippen LogP contribution in [0.15, 0.2) is 18.2 Å². The van der Waals surface area contributed by atoms with Crippen molar-refractivity contribution in [2.24, 2.45) is 0 Å². The summed E-state index contributed by atoms with van der Waals surface area (Å²) in [6, 6.07) is 8.02. The Morgan fingerprint density at radius 3 is 2.71 bits per heavy atom. The second-order valence-corrected chi connectivity index (χ2v) is 4.12. The smallest absolute Gasteiger partial charge is 0.121 e. The summed E-state index contributed by atoms with van der Waals surface area (Å²) in [4.78, 5) is 2.11. The number of hydrogen-bond acceptors (Lipinski definition) is 4. The molecule has 0 aliphatic heterocycles. The van der Waals surface area contributed by atoms with Crippen molar-refractivity contribution in [1.82, 2.24) is 0 Å². The normalized spacial score (nSPS) is 10.1. The van der Waals surface area contributed by atoms with E-state index in [1.807, 2.05) is 18.2 Å². The van der Waals surface area contributed by atoms with E-state index >= 15 is 0 Å². The summed E-state index contributed by atoms with van der Waals surface area (Å²) in [5, 5.41) is 8.68. The number of ether oxygens (including phenoxy) is 1. The van der Waals surface area contributed by atoms with Gasteiger partial charge in [-0.3, -0.25) is 0 Å². The Kier molecular flexibility index (Phi) is 4.65. The maximum Gasteiger partial charge on any atom is 0.121 e. The summed E-state index contributed by atoms with van der Waals surface area (Å²) in [7, 11) is 1.63. The molecule has 0 aliphatic carbocycles. The monoisotopic (exact) mass is 233 g/mol. The molecule has 0 saturated heterocycles. The van der Waals surface area contributed by atoms with Gasteiger partial charge in [0.25, 0.3) is 0 Å². The Labute approximate surface area is 103 Å². The van der Waals surface area contributed by atoms with Crippen LogP contribution in [-0.4, -0.2) is 19.7 Å². The van der Waals surface area contributed by atoms with Crippen LogP contribution in [0.5, 0.6) is 5.75 Å². The molecule has 0 heterocycles. The fourth-order valence-corrected chi connectivity index (χ4v) is 1.73. The molecule has 0 aliphatic rings. The van der Waals surface area contributed by atoms with Gasteiger partial charge in [0, 0.05) is 18.7 Å². The highest BCUT2D eigenvalue weighted by Gasteiger charge is 2.13. The van der Waals surface area contributed by atoms with E-state index in [-0.39, 0.29) is 6.04 Å². The van der Waals surface area contributed by atoms with Gasteiger partial charge in [-0.05, 0) is 26.0 Å². The molecule has 0 radical (unpaired) electrons. The van der Waals surface area contributed by atoms with Gasteiger partial charge in [0.15, 0.2) is 0 Å². The van der Waals surface area contributed by atoms with Gasteiger partial charge in [0.1, 0.15) is 5.75 Å². The molecule has 0 bridgehead atoms. The van der Waals surface area contributed by atoms with Crippen molar-refractivity contribution in [1.29, 1.82) is 5.26 Å². The number of nitrogens with two attached hydrogens (primary N) is 1. The first-order valence-corrected chi connectivity index (χ1v) is 5.67. The van der Waals surface area contributed by atoms with Gasteiger partial charge in [-0.15, -0.1) is 0 Å². The summed E-state index contributed by atoms with van der Waals surface area (Å²) < 4.78 is 5.20. The van der Waals surface area contributed by atoms with Crippen LogP contribution in [0.2, 0.25) is 0 Å². The minimum absolute atomic E-state index is 0.290. The lowest BCUT2D eigenvalue weighted by Gasteiger charge is -2.29. The fraction of sp³-hybridized carbons (Fsp3) is 0.462. The molecule has 0 spiro atoms. The molecule has 1 aromatic rings. The van der Waals surface area contributed by atoms with Gasteiger partial charge in [-0.25, -0.2) is 0 Å². The van der Waals surface area contributed by atoms with Crippen LogP contribution in [0.1, 0.15) is 20.3 Å². The average molecular weight is 233 g/mol. The van der Waals surface area contributed by atoms with Crippen molar-refractivity contribution in [3.8, 4) is 11.8 Å². The summed E-state index contributed by atoms with van der Waals surface area (Å²) in [6.07, 6.45) is 0.481. The molecule has 1 rings (SSSR count). The first-order chi connectivity index (χ1) is 8.10. The molecule has 1 aromatic carbocycles. The second-order valence-electron chi connectivity index (χ2n) is 4.12. The molecule has 4 heteroatoms. The topological polar surface area (TPSA) is 62.3 Å². The summed E-state index contributed by atoms with van der Waals surface area (Å²) >= 11 is 0. The van der Waals surface area contributed by atoms with E-state index in [0.717, 1.165) is 11.4 Å². The molecule has 0 aromatic heterocycles. The zero-order valence-corrected chi connectivity index (χ0v) is 10.6. The fourth-order valence-electron chi connectivity index (χ4n) is 1.73. The highest BCUT2D eigenvalue weighted by molar-refractivity contribution is 5.70. The van der Waals surface area contributed by atoms with Crippen LogP contribution in [0.3, 0.4) is 0 Å². The lowest BCUT2D eigenvalue weighted by Crippen LogP contribution is -2.32. The lowest BCUT2D eigenvalue weighted by molar-refractivity contribution is 0.414. The highest BCUT2D eigenvalue weighted by Crippen LogP contribution is 2.29. The number of nitrogen functional groups attached to an aromatic ring is 1. The van der Waals surface area contributed by atoms with E-state index in [0.29, 0.717) is 18.7 Å². The van der Waals surface area contributed by atoms with Crippen LogP contribution >= 0.6 is 0 Å². The first-order valence-electron chi connectivity index (χ1n) is 5.67. The summed E-state index contributed by atoms with van der Waals surface area (Å²) in [5.41, 5.74) is 7.61. The van der Waals surface area contributed by atoms with E-state index < -0.39 is 0 Å². The molecular formula is C13H19N3O.